The first-order valence-corrected chi connectivity index (χ1v) is 6.36. The maximum Gasteiger partial charge on any atom is 0.326 e. The molecule has 1 fully saturated rings. The Morgan fingerprint density at radius 1 is 1.47 bits per heavy atom. The fourth-order valence-electron chi connectivity index (χ4n) is 2.14. The van der Waals surface area contributed by atoms with Gasteiger partial charge in [-0.2, -0.15) is 0 Å². The third kappa shape index (κ3) is 3.91. The smallest absolute Gasteiger partial charge is 0.326 e. The maximum atomic E-state index is 11.8. The summed E-state index contributed by atoms with van der Waals surface area (Å²) in [5.74, 6) is -0.387. The van der Waals surface area contributed by atoms with Crippen LogP contribution in [-0.2, 0) is 4.79 Å². The third-order valence-electron chi connectivity index (χ3n) is 3.32. The fourth-order valence-corrected chi connectivity index (χ4v) is 2.14. The molecular weight excluding hydrogens is 220 g/mol. The van der Waals surface area contributed by atoms with Crippen molar-refractivity contribution in [3.8, 4) is 0 Å². The Labute approximate surface area is 102 Å². The molecule has 0 spiro atoms. The van der Waals surface area contributed by atoms with Crippen molar-refractivity contribution in [1.82, 2.24) is 10.2 Å². The van der Waals surface area contributed by atoms with Gasteiger partial charge in [-0.1, -0.05) is 26.7 Å². The van der Waals surface area contributed by atoms with Gasteiger partial charge in [-0.3, -0.25) is 0 Å². The fraction of sp³-hybridized carbons (Fsp3) is 0.833. The van der Waals surface area contributed by atoms with Gasteiger partial charge in [0.25, 0.3) is 0 Å². The lowest BCUT2D eigenvalue weighted by atomic mass is 10.1. The third-order valence-corrected chi connectivity index (χ3v) is 3.32. The first-order chi connectivity index (χ1) is 8.08. The number of carbonyl (C=O) groups excluding carboxylic acids is 1. The molecule has 0 aliphatic carbocycles. The van der Waals surface area contributed by atoms with Gasteiger partial charge in [0.1, 0.15) is 6.04 Å². The molecule has 2 N–H and O–H groups in total. The minimum atomic E-state index is -0.952. The summed E-state index contributed by atoms with van der Waals surface area (Å²) in [5.41, 5.74) is 0. The van der Waals surface area contributed by atoms with Crippen LogP contribution in [0.4, 0.5) is 4.79 Å². The number of carboxylic acids is 1. The lowest BCUT2D eigenvalue weighted by molar-refractivity contribution is -0.139. The van der Waals surface area contributed by atoms with Gasteiger partial charge in [0, 0.05) is 13.1 Å². The molecule has 1 aliphatic rings. The number of hydrogen-bond donors (Lipinski definition) is 2. The van der Waals surface area contributed by atoms with Crippen LogP contribution < -0.4 is 5.32 Å². The van der Waals surface area contributed by atoms with E-state index in [0.717, 1.165) is 32.4 Å². The largest absolute Gasteiger partial charge is 0.480 e. The number of nitrogens with zero attached hydrogens (tertiary/aromatic N) is 1. The van der Waals surface area contributed by atoms with E-state index in [1.165, 1.54) is 0 Å². The Bertz CT molecular complexity index is 281. The molecule has 0 aromatic carbocycles. The van der Waals surface area contributed by atoms with Gasteiger partial charge in [-0.15, -0.1) is 0 Å². The van der Waals surface area contributed by atoms with Crippen molar-refractivity contribution in [2.24, 2.45) is 5.92 Å². The van der Waals surface area contributed by atoms with Crippen molar-refractivity contribution in [3.05, 3.63) is 0 Å². The molecule has 5 nitrogen and oxygen atoms in total. The van der Waals surface area contributed by atoms with Crippen LogP contribution in [0, 0.1) is 5.92 Å². The van der Waals surface area contributed by atoms with Crippen molar-refractivity contribution in [2.75, 3.05) is 13.1 Å². The first kappa shape index (κ1) is 13.8. The number of carbonyl (C=O) groups is 2. The van der Waals surface area contributed by atoms with Crippen LogP contribution in [0.25, 0.3) is 0 Å². The van der Waals surface area contributed by atoms with Gasteiger partial charge in [0.15, 0.2) is 0 Å². The molecule has 0 bridgehead atoms. The number of urea groups is 1. The summed E-state index contributed by atoms with van der Waals surface area (Å²) in [5, 5.41) is 11.6. The summed E-state index contributed by atoms with van der Waals surface area (Å²) in [7, 11) is 0. The van der Waals surface area contributed by atoms with Gasteiger partial charge >= 0.3 is 12.0 Å². The van der Waals surface area contributed by atoms with E-state index in [1.54, 1.807) is 4.90 Å². The zero-order valence-corrected chi connectivity index (χ0v) is 10.6. The minimum Gasteiger partial charge on any atom is -0.480 e. The van der Waals surface area contributed by atoms with E-state index in [2.05, 4.69) is 12.2 Å². The normalized spacial score (nSPS) is 21.3. The number of likely N-dealkylation sites (tertiary alicyclic amines) is 1. The predicted molar refractivity (Wildman–Crippen MR) is 64.8 cm³/mol. The lowest BCUT2D eigenvalue weighted by Gasteiger charge is -2.20. The Kier molecular flexibility index (Phi) is 5.25. The zero-order chi connectivity index (χ0) is 12.8. The van der Waals surface area contributed by atoms with Gasteiger partial charge in [0.05, 0.1) is 0 Å². The van der Waals surface area contributed by atoms with Gasteiger partial charge in [-0.05, 0) is 18.8 Å². The summed E-state index contributed by atoms with van der Waals surface area (Å²) < 4.78 is 0. The number of aliphatic carboxylic acids is 1. The summed E-state index contributed by atoms with van der Waals surface area (Å²) in [6, 6.07) is -0.991. The molecule has 2 amide bonds. The maximum absolute atomic E-state index is 11.8. The second-order valence-electron chi connectivity index (χ2n) is 4.64. The van der Waals surface area contributed by atoms with Crippen LogP contribution in [-0.4, -0.2) is 41.1 Å². The number of rotatable bonds is 5. The van der Waals surface area contributed by atoms with Crippen LogP contribution in [0.15, 0.2) is 0 Å². The van der Waals surface area contributed by atoms with Crippen molar-refractivity contribution in [2.45, 2.75) is 45.6 Å². The number of carboxylic acid groups (broad SMARTS) is 1. The van der Waals surface area contributed by atoms with Gasteiger partial charge < -0.3 is 15.3 Å². The summed E-state index contributed by atoms with van der Waals surface area (Å²) >= 11 is 0. The highest BCUT2D eigenvalue weighted by molar-refractivity contribution is 5.82. The number of hydrogen-bond acceptors (Lipinski definition) is 2. The van der Waals surface area contributed by atoms with E-state index >= 15 is 0 Å². The first-order valence-electron chi connectivity index (χ1n) is 6.36. The molecule has 0 aromatic rings. The van der Waals surface area contributed by atoms with Gasteiger partial charge in [-0.25, -0.2) is 9.59 Å². The average Bonchev–Trinajstić information content (AvgIpc) is 2.76. The standard InChI is InChI=1S/C12H22N2O3/c1-3-5-10(11(15)16)13-12(17)14-7-6-9(4-2)8-14/h9-10H,3-8H2,1-2H3,(H,13,17)(H,15,16). The van der Waals surface area contributed by atoms with E-state index < -0.39 is 12.0 Å². The highest BCUT2D eigenvalue weighted by Crippen LogP contribution is 2.18. The molecule has 98 valence electrons. The molecule has 17 heavy (non-hydrogen) atoms. The molecule has 0 saturated carbocycles. The van der Waals surface area contributed by atoms with Crippen molar-refractivity contribution in [3.63, 3.8) is 0 Å². The highest BCUT2D eigenvalue weighted by atomic mass is 16.4. The molecule has 0 aromatic heterocycles. The molecule has 5 heteroatoms. The SMILES string of the molecule is CCCC(NC(=O)N1CCC(CC)C1)C(=O)O. The van der Waals surface area contributed by atoms with E-state index in [0.29, 0.717) is 12.3 Å². The van der Waals surface area contributed by atoms with Crippen LogP contribution in [0.2, 0.25) is 0 Å². The predicted octanol–water partition coefficient (Wildman–Crippen LogP) is 1.68. The van der Waals surface area contributed by atoms with Crippen LogP contribution >= 0.6 is 0 Å². The van der Waals surface area contributed by atoms with E-state index in [9.17, 15) is 9.59 Å². The Morgan fingerprint density at radius 2 is 2.18 bits per heavy atom. The minimum absolute atomic E-state index is 0.234. The number of amides is 2. The van der Waals surface area contributed by atoms with E-state index in [-0.39, 0.29) is 6.03 Å². The topological polar surface area (TPSA) is 69.6 Å². The second kappa shape index (κ2) is 6.47. The molecule has 1 saturated heterocycles. The van der Waals surface area contributed by atoms with Crippen molar-refractivity contribution < 1.29 is 14.7 Å². The second-order valence-corrected chi connectivity index (χ2v) is 4.64. The quantitative estimate of drug-likeness (QED) is 0.770. The van der Waals surface area contributed by atoms with E-state index in [1.807, 2.05) is 6.92 Å². The molecular formula is C12H22N2O3. The van der Waals surface area contributed by atoms with Crippen LogP contribution in [0.5, 0.6) is 0 Å². The van der Waals surface area contributed by atoms with Crippen molar-refractivity contribution in [1.29, 1.82) is 0 Å². The lowest BCUT2D eigenvalue weighted by Crippen LogP contribution is -2.47. The molecule has 2 atom stereocenters. The summed E-state index contributed by atoms with van der Waals surface area (Å²) in [6.45, 7) is 5.51. The number of nitrogens with one attached hydrogen (secondary N) is 1. The average molecular weight is 242 g/mol. The highest BCUT2D eigenvalue weighted by Gasteiger charge is 2.27. The molecule has 0 radical (unpaired) electrons. The van der Waals surface area contributed by atoms with Crippen LogP contribution in [0.3, 0.4) is 0 Å². The van der Waals surface area contributed by atoms with Crippen LogP contribution in [0.1, 0.15) is 39.5 Å². The zero-order valence-electron chi connectivity index (χ0n) is 10.6. The molecule has 1 heterocycles. The Morgan fingerprint density at radius 3 is 2.65 bits per heavy atom. The van der Waals surface area contributed by atoms with Crippen molar-refractivity contribution >= 4 is 12.0 Å². The summed E-state index contributed by atoms with van der Waals surface area (Å²) in [6.07, 6.45) is 3.32. The monoisotopic (exact) mass is 242 g/mol. The summed E-state index contributed by atoms with van der Waals surface area (Å²) in [4.78, 5) is 24.5. The van der Waals surface area contributed by atoms with Gasteiger partial charge in [0.2, 0.25) is 0 Å². The van der Waals surface area contributed by atoms with E-state index in [4.69, 9.17) is 5.11 Å². The molecule has 1 rings (SSSR count). The molecule has 2 unspecified atom stereocenters. The molecule has 1 aliphatic heterocycles. The Hall–Kier alpha value is -1.26. The Balaban J connectivity index is 2.45.